The number of thioether (sulfide) groups is 1. The molecule has 4 N–H and O–H groups in total. The number of hydrogen-bond acceptors (Lipinski definition) is 5. The van der Waals surface area contributed by atoms with E-state index < -0.39 is 0 Å². The quantitative estimate of drug-likeness (QED) is 0.673. The molecule has 0 aliphatic rings. The van der Waals surface area contributed by atoms with Crippen molar-refractivity contribution in [1.29, 1.82) is 0 Å². The van der Waals surface area contributed by atoms with Crippen molar-refractivity contribution < 1.29 is 0 Å². The Morgan fingerprint density at radius 1 is 1.06 bits per heavy atom. The van der Waals surface area contributed by atoms with Crippen LogP contribution in [0.1, 0.15) is 5.56 Å². The third-order valence-electron chi connectivity index (χ3n) is 2.03. The average Bonchev–Trinajstić information content (AvgIpc) is 2.27. The van der Waals surface area contributed by atoms with Crippen LogP contribution in [0, 0.1) is 0 Å². The average molecular weight is 311 g/mol. The predicted molar refractivity (Wildman–Crippen MR) is 74.6 cm³/mol. The Morgan fingerprint density at radius 2 is 1.65 bits per heavy atom. The van der Waals surface area contributed by atoms with Crippen molar-refractivity contribution in [3.8, 4) is 0 Å². The Kier molecular flexibility index (Phi) is 3.86. The fourth-order valence-corrected chi connectivity index (χ4v) is 2.35. The van der Waals surface area contributed by atoms with Gasteiger partial charge in [0.15, 0.2) is 5.16 Å². The second-order valence-corrected chi connectivity index (χ2v) is 5.27. The topological polar surface area (TPSA) is 77.8 Å². The Balaban J connectivity index is 2.04. The fraction of sp³-hybridized carbons (Fsp3) is 0.0909. The molecular formula is C11H11BrN4S. The number of nitrogens with zero attached hydrogens (tertiary/aromatic N) is 2. The highest BCUT2D eigenvalue weighted by Crippen LogP contribution is 2.22. The lowest BCUT2D eigenvalue weighted by Gasteiger charge is -2.03. The van der Waals surface area contributed by atoms with Crippen molar-refractivity contribution in [2.24, 2.45) is 0 Å². The summed E-state index contributed by atoms with van der Waals surface area (Å²) in [4.78, 5) is 8.21. The normalized spacial score (nSPS) is 10.4. The second kappa shape index (κ2) is 5.37. The summed E-state index contributed by atoms with van der Waals surface area (Å²) in [7, 11) is 0. The fourth-order valence-electron chi connectivity index (χ4n) is 1.26. The van der Waals surface area contributed by atoms with E-state index in [0.717, 1.165) is 10.2 Å². The van der Waals surface area contributed by atoms with Crippen LogP contribution in [-0.4, -0.2) is 9.97 Å². The number of nitrogen functional groups attached to an aromatic ring is 2. The number of aromatic nitrogens is 2. The number of anilines is 2. The minimum Gasteiger partial charge on any atom is -0.383 e. The van der Waals surface area contributed by atoms with Gasteiger partial charge in [0.1, 0.15) is 11.6 Å². The molecule has 0 unspecified atom stereocenters. The zero-order chi connectivity index (χ0) is 12.3. The number of hydrogen-bond donors (Lipinski definition) is 2. The largest absolute Gasteiger partial charge is 0.383 e. The summed E-state index contributed by atoms with van der Waals surface area (Å²) in [6, 6.07) is 9.65. The molecule has 0 saturated heterocycles. The third-order valence-corrected chi connectivity index (χ3v) is 3.47. The van der Waals surface area contributed by atoms with Crippen molar-refractivity contribution in [2.45, 2.75) is 10.9 Å². The molecule has 0 aliphatic heterocycles. The van der Waals surface area contributed by atoms with Crippen LogP contribution < -0.4 is 11.5 Å². The van der Waals surface area contributed by atoms with E-state index in [1.54, 1.807) is 6.07 Å². The maximum atomic E-state index is 5.60. The molecule has 88 valence electrons. The van der Waals surface area contributed by atoms with Crippen molar-refractivity contribution in [2.75, 3.05) is 11.5 Å². The molecule has 0 amide bonds. The molecule has 0 radical (unpaired) electrons. The number of halogens is 1. The Hall–Kier alpha value is -1.27. The highest BCUT2D eigenvalue weighted by atomic mass is 79.9. The Morgan fingerprint density at radius 3 is 2.24 bits per heavy atom. The van der Waals surface area contributed by atoms with Crippen LogP contribution in [0.15, 0.2) is 40.0 Å². The highest BCUT2D eigenvalue weighted by Gasteiger charge is 2.02. The van der Waals surface area contributed by atoms with Crippen LogP contribution in [0.4, 0.5) is 11.6 Å². The van der Waals surface area contributed by atoms with Gasteiger partial charge in [-0.1, -0.05) is 39.8 Å². The summed E-state index contributed by atoms with van der Waals surface area (Å²) in [5.74, 6) is 1.59. The molecule has 1 aromatic heterocycles. The highest BCUT2D eigenvalue weighted by molar-refractivity contribution is 9.10. The lowest BCUT2D eigenvalue weighted by molar-refractivity contribution is 0.984. The molecule has 1 heterocycles. The van der Waals surface area contributed by atoms with Crippen LogP contribution in [-0.2, 0) is 5.75 Å². The first-order valence-electron chi connectivity index (χ1n) is 4.91. The van der Waals surface area contributed by atoms with E-state index in [-0.39, 0.29) is 0 Å². The van der Waals surface area contributed by atoms with Gasteiger partial charge in [0.2, 0.25) is 0 Å². The van der Waals surface area contributed by atoms with E-state index >= 15 is 0 Å². The molecule has 0 spiro atoms. The van der Waals surface area contributed by atoms with E-state index in [1.165, 1.54) is 17.3 Å². The maximum Gasteiger partial charge on any atom is 0.191 e. The molecule has 1 aromatic carbocycles. The molecule has 2 rings (SSSR count). The minimum absolute atomic E-state index is 0.399. The van der Waals surface area contributed by atoms with Gasteiger partial charge in [0, 0.05) is 16.3 Å². The van der Waals surface area contributed by atoms with E-state index in [0.29, 0.717) is 16.8 Å². The van der Waals surface area contributed by atoms with E-state index in [2.05, 4.69) is 25.9 Å². The summed E-state index contributed by atoms with van der Waals surface area (Å²) in [6.45, 7) is 0. The summed E-state index contributed by atoms with van der Waals surface area (Å²) in [6.07, 6.45) is 0. The minimum atomic E-state index is 0.399. The van der Waals surface area contributed by atoms with Crippen LogP contribution >= 0.6 is 27.7 Å². The molecule has 0 atom stereocenters. The van der Waals surface area contributed by atoms with Gasteiger partial charge in [0.05, 0.1) is 0 Å². The predicted octanol–water partition coefficient (Wildman–Crippen LogP) is 2.70. The van der Waals surface area contributed by atoms with Gasteiger partial charge in [-0.25, -0.2) is 9.97 Å². The molecule has 0 aliphatic carbocycles. The molecule has 4 nitrogen and oxygen atoms in total. The van der Waals surface area contributed by atoms with Gasteiger partial charge in [-0.2, -0.15) is 0 Å². The molecule has 0 saturated carbocycles. The van der Waals surface area contributed by atoms with Gasteiger partial charge in [-0.15, -0.1) is 0 Å². The first-order chi connectivity index (χ1) is 8.13. The van der Waals surface area contributed by atoms with Crippen molar-refractivity contribution in [3.05, 3.63) is 40.4 Å². The monoisotopic (exact) mass is 310 g/mol. The van der Waals surface area contributed by atoms with Gasteiger partial charge < -0.3 is 11.5 Å². The molecule has 0 bridgehead atoms. The molecule has 0 fully saturated rings. The number of nitrogens with two attached hydrogens (primary N) is 2. The zero-order valence-electron chi connectivity index (χ0n) is 8.93. The summed E-state index contributed by atoms with van der Waals surface area (Å²) in [5, 5.41) is 0.602. The maximum absolute atomic E-state index is 5.60. The van der Waals surface area contributed by atoms with E-state index in [4.69, 9.17) is 11.5 Å². The summed E-state index contributed by atoms with van der Waals surface area (Å²) < 4.78 is 1.07. The summed E-state index contributed by atoms with van der Waals surface area (Å²) >= 11 is 4.91. The third kappa shape index (κ3) is 3.61. The number of benzene rings is 1. The van der Waals surface area contributed by atoms with Crippen molar-refractivity contribution in [1.82, 2.24) is 9.97 Å². The van der Waals surface area contributed by atoms with Gasteiger partial charge in [-0.05, 0) is 17.7 Å². The van der Waals surface area contributed by atoms with Crippen LogP contribution in [0.5, 0.6) is 0 Å². The molecule has 2 aromatic rings. The smallest absolute Gasteiger partial charge is 0.191 e. The lowest BCUT2D eigenvalue weighted by Crippen LogP contribution is -1.99. The van der Waals surface area contributed by atoms with E-state index in [1.807, 2.05) is 24.3 Å². The molecular weight excluding hydrogens is 300 g/mol. The van der Waals surface area contributed by atoms with Crippen LogP contribution in [0.3, 0.4) is 0 Å². The zero-order valence-corrected chi connectivity index (χ0v) is 11.3. The molecule has 17 heavy (non-hydrogen) atoms. The Bertz CT molecular complexity index is 495. The van der Waals surface area contributed by atoms with E-state index in [9.17, 15) is 0 Å². The lowest BCUT2D eigenvalue weighted by atomic mass is 10.2. The SMILES string of the molecule is Nc1cc(N)nc(SCc2ccc(Br)cc2)n1. The molecule has 6 heteroatoms. The first kappa shape index (κ1) is 12.2. The van der Waals surface area contributed by atoms with Gasteiger partial charge in [0.25, 0.3) is 0 Å². The van der Waals surface area contributed by atoms with Crippen LogP contribution in [0.25, 0.3) is 0 Å². The standard InChI is InChI=1S/C11H11BrN4S/c12-8-3-1-7(2-4-8)6-17-11-15-9(13)5-10(14)16-11/h1-5H,6H2,(H4,13,14,15,16). The van der Waals surface area contributed by atoms with Crippen molar-refractivity contribution in [3.63, 3.8) is 0 Å². The summed E-state index contributed by atoms with van der Waals surface area (Å²) in [5.41, 5.74) is 12.4. The number of rotatable bonds is 3. The van der Waals surface area contributed by atoms with Crippen LogP contribution in [0.2, 0.25) is 0 Å². The first-order valence-corrected chi connectivity index (χ1v) is 6.68. The van der Waals surface area contributed by atoms with Gasteiger partial charge in [-0.3, -0.25) is 0 Å². The second-order valence-electron chi connectivity index (χ2n) is 3.42. The van der Waals surface area contributed by atoms with Crippen molar-refractivity contribution >= 4 is 39.3 Å². The van der Waals surface area contributed by atoms with Gasteiger partial charge >= 0.3 is 0 Å². The Labute approximate surface area is 112 Å².